The van der Waals surface area contributed by atoms with Gasteiger partial charge >= 0.3 is 5.97 Å². The van der Waals surface area contributed by atoms with E-state index in [2.05, 4.69) is 10.6 Å². The van der Waals surface area contributed by atoms with E-state index in [-0.39, 0.29) is 29.7 Å². The summed E-state index contributed by atoms with van der Waals surface area (Å²) in [6.45, 7) is 1.95. The van der Waals surface area contributed by atoms with Crippen molar-refractivity contribution in [2.75, 3.05) is 23.9 Å². The van der Waals surface area contributed by atoms with Gasteiger partial charge in [-0.25, -0.2) is 0 Å². The molecule has 2 aromatic rings. The molecule has 0 heterocycles. The van der Waals surface area contributed by atoms with Crippen LogP contribution in [0.1, 0.15) is 23.6 Å². The lowest BCUT2D eigenvalue weighted by Crippen LogP contribution is -2.32. The lowest BCUT2D eigenvalue weighted by molar-refractivity contribution is -0.141. The number of esters is 1. The Balaban J connectivity index is 1.82. The van der Waals surface area contributed by atoms with Crippen LogP contribution < -0.4 is 10.6 Å². The first kappa shape index (κ1) is 21.5. The fourth-order valence-corrected chi connectivity index (χ4v) is 3.21. The van der Waals surface area contributed by atoms with Crippen molar-refractivity contribution in [3.05, 3.63) is 65.7 Å². The first-order valence-corrected chi connectivity index (χ1v) is 9.99. The van der Waals surface area contributed by atoms with E-state index >= 15 is 0 Å². The molecule has 0 radical (unpaired) electrons. The quantitative estimate of drug-likeness (QED) is 0.632. The fraction of sp³-hybridized carbons (Fsp3) is 0.286. The zero-order chi connectivity index (χ0) is 20.4. The van der Waals surface area contributed by atoms with Crippen LogP contribution in [0.15, 0.2) is 54.6 Å². The Morgan fingerprint density at radius 2 is 1.71 bits per heavy atom. The largest absolute Gasteiger partial charge is 0.469 e. The van der Waals surface area contributed by atoms with Crippen LogP contribution in [0.25, 0.3) is 0 Å². The van der Waals surface area contributed by atoms with Gasteiger partial charge in [0.05, 0.1) is 31.1 Å². The molecule has 2 N–H and O–H groups in total. The van der Waals surface area contributed by atoms with Crippen molar-refractivity contribution >= 4 is 35.2 Å². The summed E-state index contributed by atoms with van der Waals surface area (Å²) in [5.74, 6) is -0.539. The van der Waals surface area contributed by atoms with Crippen LogP contribution in [0.4, 0.5) is 5.69 Å². The van der Waals surface area contributed by atoms with Crippen molar-refractivity contribution in [2.45, 2.75) is 19.4 Å². The van der Waals surface area contributed by atoms with Crippen LogP contribution in [0.5, 0.6) is 0 Å². The Morgan fingerprint density at radius 3 is 2.39 bits per heavy atom. The molecule has 0 aromatic heterocycles. The van der Waals surface area contributed by atoms with Crippen LogP contribution in [0.2, 0.25) is 0 Å². The molecule has 28 heavy (non-hydrogen) atoms. The maximum absolute atomic E-state index is 12.3. The molecule has 0 aliphatic carbocycles. The number of nitrogens with one attached hydrogen (secondary N) is 2. The average Bonchev–Trinajstić information content (AvgIpc) is 2.68. The van der Waals surface area contributed by atoms with Crippen molar-refractivity contribution in [2.24, 2.45) is 0 Å². The SMILES string of the molecule is COC(=O)CC(NC(=O)CSCC(=O)Nc1cccc(C)c1)c1ccccc1. The minimum absolute atomic E-state index is 0.0464. The number of amides is 2. The minimum atomic E-state index is -0.470. The lowest BCUT2D eigenvalue weighted by Gasteiger charge is -2.18. The Labute approximate surface area is 169 Å². The van der Waals surface area contributed by atoms with Gasteiger partial charge in [-0.2, -0.15) is 0 Å². The van der Waals surface area contributed by atoms with Gasteiger partial charge in [-0.1, -0.05) is 42.5 Å². The first-order valence-electron chi connectivity index (χ1n) is 8.83. The molecule has 2 aromatic carbocycles. The molecule has 1 unspecified atom stereocenters. The minimum Gasteiger partial charge on any atom is -0.469 e. The smallest absolute Gasteiger partial charge is 0.307 e. The standard InChI is InChI=1S/C21H24N2O4S/c1-15-7-6-10-17(11-15)22-19(24)13-28-14-20(25)23-18(12-21(26)27-2)16-8-4-3-5-9-16/h3-11,18H,12-14H2,1-2H3,(H,22,24)(H,23,25). The third-order valence-electron chi connectivity index (χ3n) is 3.90. The molecule has 2 amide bonds. The van der Waals surface area contributed by atoms with Gasteiger partial charge in [0.15, 0.2) is 0 Å². The Morgan fingerprint density at radius 1 is 1.00 bits per heavy atom. The molecule has 1 atom stereocenters. The maximum atomic E-state index is 12.3. The van der Waals surface area contributed by atoms with Gasteiger partial charge in [-0.3, -0.25) is 14.4 Å². The van der Waals surface area contributed by atoms with Crippen molar-refractivity contribution in [1.82, 2.24) is 5.32 Å². The molecular formula is C21H24N2O4S. The van der Waals surface area contributed by atoms with Crippen molar-refractivity contribution in [1.29, 1.82) is 0 Å². The number of benzene rings is 2. The summed E-state index contributed by atoms with van der Waals surface area (Å²) >= 11 is 1.21. The molecule has 0 bridgehead atoms. The molecule has 7 heteroatoms. The Kier molecular flexibility index (Phi) is 8.55. The summed E-state index contributed by atoms with van der Waals surface area (Å²) < 4.78 is 4.71. The first-order chi connectivity index (χ1) is 13.5. The topological polar surface area (TPSA) is 84.5 Å². The van der Waals surface area contributed by atoms with Crippen LogP contribution in [0.3, 0.4) is 0 Å². The van der Waals surface area contributed by atoms with Crippen LogP contribution in [0, 0.1) is 6.92 Å². The number of methoxy groups -OCH3 is 1. The van der Waals surface area contributed by atoms with E-state index < -0.39 is 12.0 Å². The molecule has 0 spiro atoms. The fourth-order valence-electron chi connectivity index (χ4n) is 2.58. The summed E-state index contributed by atoms with van der Waals surface area (Å²) in [6.07, 6.45) is 0.0464. The zero-order valence-electron chi connectivity index (χ0n) is 15.9. The molecular weight excluding hydrogens is 376 g/mol. The summed E-state index contributed by atoms with van der Waals surface area (Å²) in [4.78, 5) is 35.9. The third kappa shape index (κ3) is 7.44. The molecule has 6 nitrogen and oxygen atoms in total. The van der Waals surface area contributed by atoms with Gasteiger partial charge in [0, 0.05) is 5.69 Å². The molecule has 148 valence electrons. The number of carbonyl (C=O) groups excluding carboxylic acids is 3. The predicted molar refractivity (Wildman–Crippen MR) is 111 cm³/mol. The van der Waals surface area contributed by atoms with Crippen molar-refractivity contribution in [3.8, 4) is 0 Å². The van der Waals surface area contributed by atoms with Gasteiger partial charge in [-0.15, -0.1) is 11.8 Å². The van der Waals surface area contributed by atoms with Gasteiger partial charge in [0.25, 0.3) is 0 Å². The second-order valence-electron chi connectivity index (χ2n) is 6.22. The summed E-state index contributed by atoms with van der Waals surface area (Å²) in [6, 6.07) is 16.3. The predicted octanol–water partition coefficient (Wildman–Crippen LogP) is 3.09. The van der Waals surface area contributed by atoms with E-state index in [1.807, 2.05) is 61.5 Å². The van der Waals surface area contributed by atoms with Crippen LogP contribution in [-0.4, -0.2) is 36.4 Å². The lowest BCUT2D eigenvalue weighted by atomic mass is 10.0. The van der Waals surface area contributed by atoms with E-state index in [0.717, 1.165) is 16.8 Å². The second-order valence-corrected chi connectivity index (χ2v) is 7.21. The van der Waals surface area contributed by atoms with Gasteiger partial charge in [-0.05, 0) is 30.2 Å². The monoisotopic (exact) mass is 400 g/mol. The highest BCUT2D eigenvalue weighted by Crippen LogP contribution is 2.17. The number of thioether (sulfide) groups is 1. The van der Waals surface area contributed by atoms with Gasteiger partial charge < -0.3 is 15.4 Å². The van der Waals surface area contributed by atoms with E-state index in [1.54, 1.807) is 0 Å². The maximum Gasteiger partial charge on any atom is 0.307 e. The normalized spacial score (nSPS) is 11.4. The highest BCUT2D eigenvalue weighted by molar-refractivity contribution is 8.00. The Hall–Kier alpha value is -2.80. The molecule has 0 aliphatic rings. The zero-order valence-corrected chi connectivity index (χ0v) is 16.8. The van der Waals surface area contributed by atoms with E-state index in [9.17, 15) is 14.4 Å². The number of carbonyl (C=O) groups is 3. The molecule has 0 aliphatic heterocycles. The number of anilines is 1. The summed E-state index contributed by atoms with van der Waals surface area (Å²) in [7, 11) is 1.31. The van der Waals surface area contributed by atoms with Crippen LogP contribution >= 0.6 is 11.8 Å². The van der Waals surface area contributed by atoms with Crippen molar-refractivity contribution in [3.63, 3.8) is 0 Å². The number of hydrogen-bond acceptors (Lipinski definition) is 5. The Bertz CT molecular complexity index is 811. The molecule has 0 saturated heterocycles. The van der Waals surface area contributed by atoms with E-state index in [0.29, 0.717) is 0 Å². The van der Waals surface area contributed by atoms with E-state index in [4.69, 9.17) is 4.74 Å². The average molecular weight is 401 g/mol. The highest BCUT2D eigenvalue weighted by Gasteiger charge is 2.19. The summed E-state index contributed by atoms with van der Waals surface area (Å²) in [5.41, 5.74) is 2.61. The number of rotatable bonds is 9. The molecule has 0 fully saturated rings. The number of hydrogen-bond donors (Lipinski definition) is 2. The van der Waals surface area contributed by atoms with Gasteiger partial charge in [0.2, 0.25) is 11.8 Å². The number of ether oxygens (including phenoxy) is 1. The third-order valence-corrected chi connectivity index (χ3v) is 4.84. The van der Waals surface area contributed by atoms with E-state index in [1.165, 1.54) is 18.9 Å². The van der Waals surface area contributed by atoms with Crippen LogP contribution in [-0.2, 0) is 19.1 Å². The molecule has 0 saturated carbocycles. The number of aryl methyl sites for hydroxylation is 1. The molecule has 2 rings (SSSR count). The summed E-state index contributed by atoms with van der Waals surface area (Å²) in [5, 5.41) is 5.64. The van der Waals surface area contributed by atoms with Gasteiger partial charge in [0.1, 0.15) is 0 Å². The second kappa shape index (κ2) is 11.1. The highest BCUT2D eigenvalue weighted by atomic mass is 32.2. The van der Waals surface area contributed by atoms with Crippen molar-refractivity contribution < 1.29 is 19.1 Å².